The molecule has 0 spiro atoms. The molecule has 0 aliphatic rings. The Kier molecular flexibility index (Phi) is 18.3. The van der Waals surface area contributed by atoms with Crippen molar-refractivity contribution >= 4 is 48.2 Å². The number of amides is 4. The van der Waals surface area contributed by atoms with Crippen LogP contribution in [0.4, 0.5) is 0 Å². The Labute approximate surface area is 234 Å². The van der Waals surface area contributed by atoms with Crippen molar-refractivity contribution in [3.05, 3.63) is 0 Å². The second-order valence-electron chi connectivity index (χ2n) is 11.3. The highest BCUT2D eigenvalue weighted by Gasteiger charge is 2.25. The van der Waals surface area contributed by atoms with E-state index >= 15 is 0 Å². The monoisotopic (exact) mass is 560 g/mol. The Morgan fingerprint density at radius 3 is 1.73 bits per heavy atom. The smallest absolute Gasteiger partial charge is 0.243 e. The van der Waals surface area contributed by atoms with Gasteiger partial charge in [0.2, 0.25) is 24.6 Å². The van der Waals surface area contributed by atoms with E-state index in [9.17, 15) is 19.2 Å². The molecule has 0 aliphatic heterocycles. The Morgan fingerprint density at radius 2 is 1.27 bits per heavy atom. The average molecular weight is 561 g/mol. The Morgan fingerprint density at radius 1 is 0.730 bits per heavy atom. The maximum Gasteiger partial charge on any atom is 0.243 e. The number of hydrogen-bond donors (Lipinski definition) is 0. The number of thioether (sulfide) groups is 2. The van der Waals surface area contributed by atoms with Crippen LogP contribution in [0.25, 0.3) is 0 Å². The summed E-state index contributed by atoms with van der Waals surface area (Å²) in [5, 5.41) is 0. The summed E-state index contributed by atoms with van der Waals surface area (Å²) < 4.78 is 0. The van der Waals surface area contributed by atoms with Crippen molar-refractivity contribution < 1.29 is 19.2 Å². The van der Waals surface area contributed by atoms with Crippen LogP contribution in [-0.4, -0.2) is 121 Å². The molecule has 0 aromatic heterocycles. The highest BCUT2D eigenvalue weighted by Crippen LogP contribution is 2.26. The fraction of sp³-hybridized carbons (Fsp3) is 0.852. The standard InChI is InChI=1S/C27H52N4O4S2/c1-9-28(7)18-25(35)31(23-33)21-27(5,6)13-17-37-15-11-14-36-16-12-26(3,4)20-29(8)24(34)19-30(10-2)22-32/h22-23H,9-21H2,1-8H3. The first-order valence-electron chi connectivity index (χ1n) is 13.3. The number of likely N-dealkylation sites (N-methyl/N-ethyl adjacent to an activating group) is 3. The fourth-order valence-corrected chi connectivity index (χ4v) is 6.33. The van der Waals surface area contributed by atoms with E-state index in [1.165, 1.54) is 9.80 Å². The van der Waals surface area contributed by atoms with Gasteiger partial charge in [-0.05, 0) is 73.6 Å². The van der Waals surface area contributed by atoms with Crippen LogP contribution in [-0.2, 0) is 19.2 Å². The largest absolute Gasteiger partial charge is 0.344 e. The molecule has 10 heteroatoms. The second-order valence-corrected chi connectivity index (χ2v) is 13.7. The van der Waals surface area contributed by atoms with E-state index < -0.39 is 0 Å². The molecule has 0 aromatic rings. The van der Waals surface area contributed by atoms with Crippen molar-refractivity contribution in [1.82, 2.24) is 19.6 Å². The summed E-state index contributed by atoms with van der Waals surface area (Å²) in [6, 6.07) is 0. The van der Waals surface area contributed by atoms with Crippen molar-refractivity contribution in [3.63, 3.8) is 0 Å². The van der Waals surface area contributed by atoms with Crippen molar-refractivity contribution in [2.45, 2.75) is 60.8 Å². The summed E-state index contributed by atoms with van der Waals surface area (Å²) in [6.45, 7) is 15.3. The van der Waals surface area contributed by atoms with E-state index in [-0.39, 0.29) is 35.7 Å². The van der Waals surface area contributed by atoms with Gasteiger partial charge >= 0.3 is 0 Å². The van der Waals surface area contributed by atoms with Gasteiger partial charge in [-0.15, -0.1) is 0 Å². The SMILES string of the molecule is CCN(C)CC(=O)N(C=O)CC(C)(C)CCSCCCSCCC(C)(C)CN(C)C(=O)CN(C=O)CC. The minimum absolute atomic E-state index is 0.0237. The summed E-state index contributed by atoms with van der Waals surface area (Å²) in [7, 11) is 3.69. The number of carbonyl (C=O) groups excluding carboxylic acids is 4. The Bertz CT molecular complexity index is 691. The molecule has 37 heavy (non-hydrogen) atoms. The first kappa shape index (κ1) is 35.7. The fourth-order valence-electron chi connectivity index (χ4n) is 3.65. The van der Waals surface area contributed by atoms with Gasteiger partial charge in [-0.3, -0.25) is 29.0 Å². The summed E-state index contributed by atoms with van der Waals surface area (Å²) in [6.07, 6.45) is 4.53. The molecule has 0 unspecified atom stereocenters. The molecule has 0 rings (SSSR count). The molecule has 0 saturated heterocycles. The van der Waals surface area contributed by atoms with E-state index in [0.29, 0.717) is 26.0 Å². The molecule has 0 radical (unpaired) electrons. The molecule has 0 aliphatic carbocycles. The highest BCUT2D eigenvalue weighted by atomic mass is 32.2. The molecular weight excluding hydrogens is 508 g/mol. The quantitative estimate of drug-likeness (QED) is 0.148. The van der Waals surface area contributed by atoms with Crippen LogP contribution in [0, 0.1) is 10.8 Å². The number of carbonyl (C=O) groups is 4. The van der Waals surface area contributed by atoms with Crippen LogP contribution >= 0.6 is 23.5 Å². The van der Waals surface area contributed by atoms with E-state index in [4.69, 9.17) is 0 Å². The van der Waals surface area contributed by atoms with Crippen LogP contribution in [0.5, 0.6) is 0 Å². The van der Waals surface area contributed by atoms with Crippen molar-refractivity contribution in [2.75, 3.05) is 76.4 Å². The third-order valence-electron chi connectivity index (χ3n) is 6.40. The van der Waals surface area contributed by atoms with E-state index in [0.717, 1.165) is 55.2 Å². The zero-order chi connectivity index (χ0) is 28.5. The van der Waals surface area contributed by atoms with Crippen LogP contribution in [0.3, 0.4) is 0 Å². The molecule has 0 aromatic carbocycles. The predicted octanol–water partition coefficient (Wildman–Crippen LogP) is 3.55. The number of hydrogen-bond acceptors (Lipinski definition) is 7. The summed E-state index contributed by atoms with van der Waals surface area (Å²) in [5.74, 6) is 4.13. The maximum absolute atomic E-state index is 12.3. The van der Waals surface area contributed by atoms with Gasteiger partial charge in [-0.25, -0.2) is 0 Å². The summed E-state index contributed by atoms with van der Waals surface area (Å²) in [4.78, 5) is 53.5. The molecule has 8 nitrogen and oxygen atoms in total. The van der Waals surface area contributed by atoms with Crippen LogP contribution in [0.1, 0.15) is 60.8 Å². The number of rotatable bonds is 22. The van der Waals surface area contributed by atoms with Crippen LogP contribution in [0.15, 0.2) is 0 Å². The lowest BCUT2D eigenvalue weighted by atomic mass is 9.89. The normalized spacial score (nSPS) is 11.9. The van der Waals surface area contributed by atoms with Gasteiger partial charge < -0.3 is 9.80 Å². The zero-order valence-corrected chi connectivity index (χ0v) is 26.2. The molecule has 0 bridgehead atoms. The number of nitrogens with zero attached hydrogens (tertiary/aromatic N) is 4. The van der Waals surface area contributed by atoms with Gasteiger partial charge in [0.1, 0.15) is 0 Å². The molecule has 0 atom stereocenters. The number of imide groups is 1. The molecule has 4 amide bonds. The van der Waals surface area contributed by atoms with Crippen LogP contribution in [0.2, 0.25) is 0 Å². The minimum Gasteiger partial charge on any atom is -0.344 e. The lowest BCUT2D eigenvalue weighted by Crippen LogP contribution is -2.43. The van der Waals surface area contributed by atoms with Crippen molar-refractivity contribution in [1.29, 1.82) is 0 Å². The van der Waals surface area contributed by atoms with Crippen LogP contribution < -0.4 is 0 Å². The predicted molar refractivity (Wildman–Crippen MR) is 158 cm³/mol. The van der Waals surface area contributed by atoms with E-state index in [1.54, 1.807) is 4.90 Å². The zero-order valence-electron chi connectivity index (χ0n) is 24.6. The first-order chi connectivity index (χ1) is 17.3. The van der Waals surface area contributed by atoms with Gasteiger partial charge in [0, 0.05) is 26.7 Å². The molecular formula is C27H52N4O4S2. The highest BCUT2D eigenvalue weighted by molar-refractivity contribution is 8.00. The Hall–Kier alpha value is -1.26. The van der Waals surface area contributed by atoms with E-state index in [1.807, 2.05) is 56.4 Å². The molecule has 0 saturated carbocycles. The van der Waals surface area contributed by atoms with Crippen molar-refractivity contribution in [3.8, 4) is 0 Å². The molecule has 0 fully saturated rings. The first-order valence-corrected chi connectivity index (χ1v) is 15.6. The molecule has 0 heterocycles. The van der Waals surface area contributed by atoms with E-state index in [2.05, 4.69) is 27.7 Å². The molecule has 0 N–H and O–H groups in total. The Balaban J connectivity index is 4.10. The van der Waals surface area contributed by atoms with Gasteiger partial charge in [-0.1, -0.05) is 34.6 Å². The third-order valence-corrected chi connectivity index (χ3v) is 8.54. The van der Waals surface area contributed by atoms with Crippen molar-refractivity contribution in [2.24, 2.45) is 10.8 Å². The summed E-state index contributed by atoms with van der Waals surface area (Å²) >= 11 is 3.89. The minimum atomic E-state index is -0.139. The van der Waals surface area contributed by atoms with Gasteiger partial charge in [0.15, 0.2) is 0 Å². The third kappa shape index (κ3) is 17.0. The second kappa shape index (κ2) is 18.9. The topological polar surface area (TPSA) is 81.2 Å². The average Bonchev–Trinajstić information content (AvgIpc) is 2.83. The van der Waals surface area contributed by atoms with Gasteiger partial charge in [0.05, 0.1) is 13.1 Å². The maximum atomic E-state index is 12.3. The molecule has 216 valence electrons. The lowest BCUT2D eigenvalue weighted by molar-refractivity contribution is -0.140. The van der Waals surface area contributed by atoms with Gasteiger partial charge in [-0.2, -0.15) is 23.5 Å². The summed E-state index contributed by atoms with van der Waals surface area (Å²) in [5.41, 5.74) is -0.0794. The van der Waals surface area contributed by atoms with Gasteiger partial charge in [0.25, 0.3) is 0 Å². The lowest BCUT2D eigenvalue weighted by Gasteiger charge is -2.31.